The molecule has 1 saturated heterocycles. The molecule has 1 saturated carbocycles. The first-order valence-corrected chi connectivity index (χ1v) is 7.78. The minimum absolute atomic E-state index is 0.145. The molecule has 5 heteroatoms. The van der Waals surface area contributed by atoms with Crippen molar-refractivity contribution in [1.82, 2.24) is 0 Å². The summed E-state index contributed by atoms with van der Waals surface area (Å²) in [5.74, 6) is -0.0660. The van der Waals surface area contributed by atoms with Gasteiger partial charge in [-0.05, 0) is 43.5 Å². The minimum Gasteiger partial charge on any atom is -0.325 e. The summed E-state index contributed by atoms with van der Waals surface area (Å²) in [5.41, 5.74) is 0.655. The largest absolute Gasteiger partial charge is 0.325 e. The Kier molecular flexibility index (Phi) is 3.84. The third kappa shape index (κ3) is 2.57. The summed E-state index contributed by atoms with van der Waals surface area (Å²) >= 11 is 0. The van der Waals surface area contributed by atoms with Crippen molar-refractivity contribution in [3.05, 3.63) is 24.3 Å². The van der Waals surface area contributed by atoms with Crippen molar-refractivity contribution >= 4 is 23.2 Å². The standard InChI is InChI=1S/C17H19N3O2/c18-12-17(9-1-2-10-17)16(22)19-13-5-7-14(8-6-13)20-11-3-4-15(20)21/h5-8H,1-4,9-11H2,(H,19,22). The van der Waals surface area contributed by atoms with Crippen LogP contribution in [-0.4, -0.2) is 18.4 Å². The van der Waals surface area contributed by atoms with Gasteiger partial charge in [0.1, 0.15) is 5.41 Å². The van der Waals surface area contributed by atoms with Crippen molar-refractivity contribution < 1.29 is 9.59 Å². The second kappa shape index (κ2) is 5.80. The van der Waals surface area contributed by atoms with Gasteiger partial charge in [-0.25, -0.2) is 0 Å². The van der Waals surface area contributed by atoms with Gasteiger partial charge in [0.05, 0.1) is 6.07 Å². The van der Waals surface area contributed by atoms with E-state index in [9.17, 15) is 14.9 Å². The second-order valence-corrected chi connectivity index (χ2v) is 6.05. The second-order valence-electron chi connectivity index (χ2n) is 6.05. The van der Waals surface area contributed by atoms with E-state index in [4.69, 9.17) is 0 Å². The molecule has 0 bridgehead atoms. The van der Waals surface area contributed by atoms with Gasteiger partial charge < -0.3 is 10.2 Å². The first kappa shape index (κ1) is 14.6. The Labute approximate surface area is 129 Å². The summed E-state index contributed by atoms with van der Waals surface area (Å²) in [5, 5.41) is 12.2. The molecule has 2 aliphatic rings. The van der Waals surface area contributed by atoms with Crippen LogP contribution in [0, 0.1) is 16.7 Å². The van der Waals surface area contributed by atoms with E-state index in [1.165, 1.54) is 0 Å². The quantitative estimate of drug-likeness (QED) is 0.932. The average Bonchev–Trinajstić information content (AvgIpc) is 3.17. The van der Waals surface area contributed by atoms with E-state index in [-0.39, 0.29) is 11.8 Å². The average molecular weight is 297 g/mol. The van der Waals surface area contributed by atoms with Crippen molar-refractivity contribution in [1.29, 1.82) is 5.26 Å². The number of carbonyl (C=O) groups is 2. The van der Waals surface area contributed by atoms with Crippen molar-refractivity contribution in [2.24, 2.45) is 5.41 Å². The Morgan fingerprint density at radius 2 is 1.86 bits per heavy atom. The lowest BCUT2D eigenvalue weighted by Gasteiger charge is -2.20. The number of carbonyl (C=O) groups excluding carboxylic acids is 2. The molecule has 0 unspecified atom stereocenters. The van der Waals surface area contributed by atoms with Crippen molar-refractivity contribution in [3.8, 4) is 6.07 Å². The summed E-state index contributed by atoms with van der Waals surface area (Å²) in [6.45, 7) is 0.752. The first-order valence-electron chi connectivity index (χ1n) is 7.78. The Morgan fingerprint density at radius 1 is 1.18 bits per heavy atom. The fourth-order valence-corrected chi connectivity index (χ4v) is 3.26. The molecule has 1 aliphatic carbocycles. The summed E-state index contributed by atoms with van der Waals surface area (Å²) < 4.78 is 0. The van der Waals surface area contributed by atoms with E-state index in [0.29, 0.717) is 24.9 Å². The zero-order valence-corrected chi connectivity index (χ0v) is 12.5. The molecule has 1 N–H and O–H groups in total. The lowest BCUT2D eigenvalue weighted by Crippen LogP contribution is -2.32. The predicted octanol–water partition coefficient (Wildman–Crippen LogP) is 2.84. The summed E-state index contributed by atoms with van der Waals surface area (Å²) in [6, 6.07) is 9.46. The van der Waals surface area contributed by atoms with Crippen LogP contribution < -0.4 is 10.2 Å². The van der Waals surface area contributed by atoms with E-state index in [2.05, 4.69) is 11.4 Å². The van der Waals surface area contributed by atoms with E-state index in [1.54, 1.807) is 17.0 Å². The number of nitriles is 1. The Morgan fingerprint density at radius 3 is 2.41 bits per heavy atom. The van der Waals surface area contributed by atoms with Gasteiger partial charge in [0, 0.05) is 24.3 Å². The van der Waals surface area contributed by atoms with Gasteiger partial charge >= 0.3 is 0 Å². The highest BCUT2D eigenvalue weighted by Crippen LogP contribution is 2.38. The number of rotatable bonds is 3. The van der Waals surface area contributed by atoms with E-state index < -0.39 is 5.41 Å². The zero-order valence-electron chi connectivity index (χ0n) is 12.5. The van der Waals surface area contributed by atoms with E-state index in [0.717, 1.165) is 31.5 Å². The van der Waals surface area contributed by atoms with Crippen molar-refractivity contribution in [2.75, 3.05) is 16.8 Å². The van der Waals surface area contributed by atoms with Crippen LogP contribution in [0.2, 0.25) is 0 Å². The third-order valence-corrected chi connectivity index (χ3v) is 4.62. The molecular weight excluding hydrogens is 278 g/mol. The van der Waals surface area contributed by atoms with Gasteiger partial charge in [0.15, 0.2) is 0 Å². The van der Waals surface area contributed by atoms with Gasteiger partial charge in [-0.3, -0.25) is 9.59 Å². The highest BCUT2D eigenvalue weighted by atomic mass is 16.2. The molecule has 0 atom stereocenters. The molecule has 0 spiro atoms. The van der Waals surface area contributed by atoms with Crippen LogP contribution in [0.4, 0.5) is 11.4 Å². The normalized spacial score (nSPS) is 20.0. The molecule has 1 aromatic rings. The number of benzene rings is 1. The number of hydrogen-bond donors (Lipinski definition) is 1. The molecule has 1 aliphatic heterocycles. The van der Waals surface area contributed by atoms with Crippen LogP contribution in [0.1, 0.15) is 38.5 Å². The first-order chi connectivity index (χ1) is 10.6. The molecule has 2 amide bonds. The molecule has 1 aromatic carbocycles. The van der Waals surface area contributed by atoms with Crippen molar-refractivity contribution in [2.45, 2.75) is 38.5 Å². The van der Waals surface area contributed by atoms with Gasteiger partial charge in [-0.1, -0.05) is 12.8 Å². The number of amides is 2. The highest BCUT2D eigenvalue weighted by Gasteiger charge is 2.41. The summed E-state index contributed by atoms with van der Waals surface area (Å²) in [6.07, 6.45) is 4.62. The molecule has 0 aromatic heterocycles. The smallest absolute Gasteiger partial charge is 0.244 e. The Bertz CT molecular complexity index is 624. The zero-order chi connectivity index (χ0) is 15.6. The number of nitrogens with one attached hydrogen (secondary N) is 1. The number of hydrogen-bond acceptors (Lipinski definition) is 3. The Hall–Kier alpha value is -2.35. The maximum atomic E-state index is 12.4. The maximum Gasteiger partial charge on any atom is 0.244 e. The van der Waals surface area contributed by atoms with Crippen LogP contribution in [-0.2, 0) is 9.59 Å². The van der Waals surface area contributed by atoms with Crippen LogP contribution in [0.25, 0.3) is 0 Å². The number of anilines is 2. The lowest BCUT2D eigenvalue weighted by atomic mass is 9.87. The van der Waals surface area contributed by atoms with Gasteiger partial charge in [-0.2, -0.15) is 5.26 Å². The molecule has 1 heterocycles. The fourth-order valence-electron chi connectivity index (χ4n) is 3.26. The highest BCUT2D eigenvalue weighted by molar-refractivity contribution is 5.98. The molecule has 3 rings (SSSR count). The molecule has 22 heavy (non-hydrogen) atoms. The predicted molar refractivity (Wildman–Crippen MR) is 83.2 cm³/mol. The maximum absolute atomic E-state index is 12.4. The van der Waals surface area contributed by atoms with Crippen molar-refractivity contribution in [3.63, 3.8) is 0 Å². The van der Waals surface area contributed by atoms with E-state index in [1.807, 2.05) is 12.1 Å². The van der Waals surface area contributed by atoms with Crippen LogP contribution in [0.15, 0.2) is 24.3 Å². The Balaban J connectivity index is 1.70. The lowest BCUT2D eigenvalue weighted by molar-refractivity contribution is -0.122. The summed E-state index contributed by atoms with van der Waals surface area (Å²) in [7, 11) is 0. The monoisotopic (exact) mass is 297 g/mol. The molecule has 2 fully saturated rings. The van der Waals surface area contributed by atoms with Crippen LogP contribution >= 0.6 is 0 Å². The number of nitrogens with zero attached hydrogens (tertiary/aromatic N) is 2. The van der Waals surface area contributed by atoms with E-state index >= 15 is 0 Å². The van der Waals surface area contributed by atoms with Gasteiger partial charge in [0.2, 0.25) is 11.8 Å². The van der Waals surface area contributed by atoms with Crippen LogP contribution in [0.5, 0.6) is 0 Å². The van der Waals surface area contributed by atoms with Crippen LogP contribution in [0.3, 0.4) is 0 Å². The fraction of sp³-hybridized carbons (Fsp3) is 0.471. The third-order valence-electron chi connectivity index (χ3n) is 4.62. The van der Waals surface area contributed by atoms with Gasteiger partial charge in [0.25, 0.3) is 0 Å². The topological polar surface area (TPSA) is 73.2 Å². The molecule has 114 valence electrons. The SMILES string of the molecule is N#CC1(C(=O)Nc2ccc(N3CCCC3=O)cc2)CCCC1. The molecular formula is C17H19N3O2. The molecule has 5 nitrogen and oxygen atoms in total. The summed E-state index contributed by atoms with van der Waals surface area (Å²) in [4.78, 5) is 25.8. The van der Waals surface area contributed by atoms with Gasteiger partial charge in [-0.15, -0.1) is 0 Å². The molecule has 0 radical (unpaired) electrons. The minimum atomic E-state index is -0.871.